The van der Waals surface area contributed by atoms with Gasteiger partial charge in [0.1, 0.15) is 0 Å². The van der Waals surface area contributed by atoms with E-state index in [-0.39, 0.29) is 23.1 Å². The summed E-state index contributed by atoms with van der Waals surface area (Å²) in [7, 11) is -2.88. The zero-order chi connectivity index (χ0) is 14.0. The van der Waals surface area contributed by atoms with Gasteiger partial charge in [0, 0.05) is 17.1 Å². The number of aromatic carboxylic acids is 1. The van der Waals surface area contributed by atoms with Crippen molar-refractivity contribution < 1.29 is 18.3 Å². The maximum atomic E-state index is 11.3. The van der Waals surface area contributed by atoms with Crippen LogP contribution in [0.3, 0.4) is 0 Å². The fourth-order valence-electron chi connectivity index (χ4n) is 2.03. The molecule has 1 atom stereocenters. The second-order valence-corrected chi connectivity index (χ2v) is 7.68. The molecule has 1 unspecified atom stereocenters. The predicted molar refractivity (Wildman–Crippen MR) is 75.0 cm³/mol. The number of carboxylic acids is 1. The minimum atomic E-state index is -2.88. The molecule has 0 aromatic heterocycles. The van der Waals surface area contributed by atoms with Gasteiger partial charge in [0.05, 0.1) is 17.1 Å². The van der Waals surface area contributed by atoms with Crippen molar-refractivity contribution in [1.29, 1.82) is 0 Å². The van der Waals surface area contributed by atoms with Crippen LogP contribution >= 0.6 is 15.9 Å². The number of rotatable bonds is 4. The van der Waals surface area contributed by atoms with Crippen LogP contribution in [0.25, 0.3) is 0 Å². The van der Waals surface area contributed by atoms with Crippen LogP contribution in [-0.4, -0.2) is 37.0 Å². The van der Waals surface area contributed by atoms with E-state index in [9.17, 15) is 13.2 Å². The lowest BCUT2D eigenvalue weighted by atomic mass is 10.1. The molecule has 0 aliphatic carbocycles. The van der Waals surface area contributed by atoms with E-state index in [1.807, 2.05) is 0 Å². The topological polar surface area (TPSA) is 83.5 Å². The summed E-state index contributed by atoms with van der Waals surface area (Å²) in [6.07, 6.45) is 0.632. The molecular formula is C12H14BrNO4S. The molecule has 0 spiro atoms. The lowest BCUT2D eigenvalue weighted by molar-refractivity contribution is 0.0697. The summed E-state index contributed by atoms with van der Waals surface area (Å²) in [5.41, 5.74) is 1.13. The third-order valence-electron chi connectivity index (χ3n) is 3.11. The van der Waals surface area contributed by atoms with Crippen molar-refractivity contribution in [3.63, 3.8) is 0 Å². The van der Waals surface area contributed by atoms with Crippen molar-refractivity contribution in [3.8, 4) is 0 Å². The molecule has 104 valence electrons. The maximum absolute atomic E-state index is 11.3. The van der Waals surface area contributed by atoms with E-state index in [1.165, 1.54) is 6.07 Å². The molecular weight excluding hydrogens is 334 g/mol. The van der Waals surface area contributed by atoms with Gasteiger partial charge in [-0.15, -0.1) is 0 Å². The molecule has 1 aliphatic rings. The monoisotopic (exact) mass is 347 g/mol. The van der Waals surface area contributed by atoms with Crippen molar-refractivity contribution in [3.05, 3.63) is 33.8 Å². The van der Waals surface area contributed by atoms with E-state index < -0.39 is 15.8 Å². The Morgan fingerprint density at radius 1 is 1.47 bits per heavy atom. The number of sulfone groups is 1. The molecule has 1 aliphatic heterocycles. The lowest BCUT2D eigenvalue weighted by Gasteiger charge is -2.12. The fourth-order valence-corrected chi connectivity index (χ4v) is 4.26. The number of nitrogens with one attached hydrogen (secondary N) is 1. The Morgan fingerprint density at radius 3 is 2.74 bits per heavy atom. The first-order valence-corrected chi connectivity index (χ1v) is 8.44. The van der Waals surface area contributed by atoms with Gasteiger partial charge < -0.3 is 10.4 Å². The first-order valence-electron chi connectivity index (χ1n) is 5.83. The van der Waals surface area contributed by atoms with Gasteiger partial charge >= 0.3 is 5.97 Å². The smallest absolute Gasteiger partial charge is 0.335 e. The van der Waals surface area contributed by atoms with Crippen LogP contribution < -0.4 is 5.32 Å². The SMILES string of the molecule is O=C(O)c1ccc(CNC2CCS(=O)(=O)C2)c(Br)c1. The Balaban J connectivity index is 1.99. The lowest BCUT2D eigenvalue weighted by Crippen LogP contribution is -2.29. The summed E-state index contributed by atoms with van der Waals surface area (Å²) < 4.78 is 23.4. The van der Waals surface area contributed by atoms with Crippen LogP contribution in [0, 0.1) is 0 Å². The maximum Gasteiger partial charge on any atom is 0.335 e. The fraction of sp³-hybridized carbons (Fsp3) is 0.417. The largest absolute Gasteiger partial charge is 0.478 e. The number of hydrogen-bond donors (Lipinski definition) is 2. The van der Waals surface area contributed by atoms with Gasteiger partial charge in [-0.25, -0.2) is 13.2 Å². The Labute approximate surface area is 120 Å². The van der Waals surface area contributed by atoms with E-state index in [0.717, 1.165) is 5.56 Å². The average molecular weight is 348 g/mol. The van der Waals surface area contributed by atoms with Crippen molar-refractivity contribution in [2.24, 2.45) is 0 Å². The Hall–Kier alpha value is -0.920. The van der Waals surface area contributed by atoms with Gasteiger partial charge in [-0.2, -0.15) is 0 Å². The molecule has 2 N–H and O–H groups in total. The van der Waals surface area contributed by atoms with Crippen molar-refractivity contribution >= 4 is 31.7 Å². The first-order chi connectivity index (χ1) is 8.87. The predicted octanol–water partition coefficient (Wildman–Crippen LogP) is 1.42. The Bertz CT molecular complexity index is 600. The molecule has 2 rings (SSSR count). The van der Waals surface area contributed by atoms with Gasteiger partial charge in [0.15, 0.2) is 9.84 Å². The molecule has 5 nitrogen and oxygen atoms in total. The minimum Gasteiger partial charge on any atom is -0.478 e. The number of carboxylic acid groups (broad SMARTS) is 1. The van der Waals surface area contributed by atoms with Crippen molar-refractivity contribution in [1.82, 2.24) is 5.32 Å². The highest BCUT2D eigenvalue weighted by Gasteiger charge is 2.27. The van der Waals surface area contributed by atoms with Crippen molar-refractivity contribution in [2.75, 3.05) is 11.5 Å². The van der Waals surface area contributed by atoms with E-state index in [2.05, 4.69) is 21.2 Å². The highest BCUT2D eigenvalue weighted by molar-refractivity contribution is 9.10. The average Bonchev–Trinajstić information content (AvgIpc) is 2.67. The molecule has 1 aromatic carbocycles. The van der Waals surface area contributed by atoms with Gasteiger partial charge in [0.25, 0.3) is 0 Å². The van der Waals surface area contributed by atoms with Crippen LogP contribution in [0.2, 0.25) is 0 Å². The second kappa shape index (κ2) is 5.60. The van der Waals surface area contributed by atoms with Gasteiger partial charge in [-0.1, -0.05) is 22.0 Å². The van der Waals surface area contributed by atoms with E-state index in [1.54, 1.807) is 12.1 Å². The summed E-state index contributed by atoms with van der Waals surface area (Å²) in [4.78, 5) is 10.8. The van der Waals surface area contributed by atoms with Crippen LogP contribution in [-0.2, 0) is 16.4 Å². The summed E-state index contributed by atoms with van der Waals surface area (Å²) >= 11 is 3.33. The summed E-state index contributed by atoms with van der Waals surface area (Å²) in [5.74, 6) is -0.552. The molecule has 19 heavy (non-hydrogen) atoms. The number of benzene rings is 1. The summed E-state index contributed by atoms with van der Waals surface area (Å²) in [5, 5.41) is 12.0. The first kappa shape index (κ1) is 14.5. The Kier molecular flexibility index (Phi) is 4.27. The number of hydrogen-bond acceptors (Lipinski definition) is 4. The van der Waals surface area contributed by atoms with E-state index in [4.69, 9.17) is 5.11 Å². The molecule has 7 heteroatoms. The third-order valence-corrected chi connectivity index (χ3v) is 5.62. The van der Waals surface area contributed by atoms with Crippen molar-refractivity contribution in [2.45, 2.75) is 19.0 Å². The molecule has 1 heterocycles. The highest BCUT2D eigenvalue weighted by atomic mass is 79.9. The molecule has 1 saturated heterocycles. The van der Waals surface area contributed by atoms with Gasteiger partial charge in [-0.3, -0.25) is 0 Å². The summed E-state index contributed by atoms with van der Waals surface area (Å²) in [6, 6.07) is 4.79. The third kappa shape index (κ3) is 3.77. The standard InChI is InChI=1S/C12H14BrNO4S/c13-11-5-8(12(15)16)1-2-9(11)6-14-10-3-4-19(17,18)7-10/h1-2,5,10,14H,3-4,6-7H2,(H,15,16). The number of carbonyl (C=O) groups is 1. The normalized spacial score (nSPS) is 21.4. The molecule has 0 bridgehead atoms. The zero-order valence-electron chi connectivity index (χ0n) is 10.1. The van der Waals surface area contributed by atoms with E-state index in [0.29, 0.717) is 17.4 Å². The van der Waals surface area contributed by atoms with E-state index >= 15 is 0 Å². The summed E-state index contributed by atoms with van der Waals surface area (Å²) in [6.45, 7) is 0.515. The number of halogens is 1. The molecule has 0 saturated carbocycles. The highest BCUT2D eigenvalue weighted by Crippen LogP contribution is 2.20. The molecule has 0 radical (unpaired) electrons. The van der Waals surface area contributed by atoms with Crippen LogP contribution in [0.4, 0.5) is 0 Å². The molecule has 0 amide bonds. The van der Waals surface area contributed by atoms with Crippen LogP contribution in [0.5, 0.6) is 0 Å². The molecule has 1 fully saturated rings. The van der Waals surface area contributed by atoms with Gasteiger partial charge in [-0.05, 0) is 24.1 Å². The molecule has 1 aromatic rings. The van der Waals surface area contributed by atoms with Crippen LogP contribution in [0.1, 0.15) is 22.3 Å². The zero-order valence-corrected chi connectivity index (χ0v) is 12.5. The van der Waals surface area contributed by atoms with Gasteiger partial charge in [0.2, 0.25) is 0 Å². The Morgan fingerprint density at radius 2 is 2.21 bits per heavy atom. The minimum absolute atomic E-state index is 0.0175. The quantitative estimate of drug-likeness (QED) is 0.860. The second-order valence-electron chi connectivity index (χ2n) is 4.59. The van der Waals surface area contributed by atoms with Crippen LogP contribution in [0.15, 0.2) is 22.7 Å².